The smallest absolute Gasteiger partial charge is 0.113 e. The second kappa shape index (κ2) is 5.16. The minimum atomic E-state index is -0.223. The van der Waals surface area contributed by atoms with Crippen molar-refractivity contribution in [2.45, 2.75) is 57.1 Å². The van der Waals surface area contributed by atoms with E-state index in [9.17, 15) is 5.26 Å². The van der Waals surface area contributed by atoms with E-state index in [2.05, 4.69) is 17.9 Å². The normalized spacial score (nSPS) is 36.9. The van der Waals surface area contributed by atoms with Crippen LogP contribution in [0.25, 0.3) is 0 Å². The summed E-state index contributed by atoms with van der Waals surface area (Å²) in [6, 6.07) is 2.60. The SMILES string of the molecule is CCC1CC(C#N)(N2CCCCC2)CCO1. The van der Waals surface area contributed by atoms with Crippen molar-refractivity contribution in [3.8, 4) is 6.07 Å². The molecule has 2 heterocycles. The van der Waals surface area contributed by atoms with Gasteiger partial charge in [-0.25, -0.2) is 0 Å². The maximum atomic E-state index is 9.56. The van der Waals surface area contributed by atoms with Gasteiger partial charge >= 0.3 is 0 Å². The van der Waals surface area contributed by atoms with Crippen molar-refractivity contribution in [3.05, 3.63) is 0 Å². The van der Waals surface area contributed by atoms with Crippen molar-refractivity contribution in [2.75, 3.05) is 19.7 Å². The molecule has 0 aromatic carbocycles. The van der Waals surface area contributed by atoms with Crippen LogP contribution < -0.4 is 0 Å². The van der Waals surface area contributed by atoms with Crippen molar-refractivity contribution in [1.29, 1.82) is 5.26 Å². The van der Waals surface area contributed by atoms with E-state index < -0.39 is 0 Å². The van der Waals surface area contributed by atoms with Gasteiger partial charge in [0.1, 0.15) is 5.54 Å². The van der Waals surface area contributed by atoms with Crippen LogP contribution in [0.3, 0.4) is 0 Å². The number of rotatable bonds is 2. The van der Waals surface area contributed by atoms with Crippen LogP contribution in [0.15, 0.2) is 0 Å². The summed E-state index contributed by atoms with van der Waals surface area (Å²) in [5, 5.41) is 9.56. The van der Waals surface area contributed by atoms with Gasteiger partial charge < -0.3 is 4.74 Å². The largest absolute Gasteiger partial charge is 0.378 e. The van der Waals surface area contributed by atoms with Gasteiger partial charge in [-0.2, -0.15) is 5.26 Å². The second-order valence-corrected chi connectivity index (χ2v) is 5.05. The zero-order chi connectivity index (χ0) is 11.4. The molecule has 0 bridgehead atoms. The topological polar surface area (TPSA) is 36.3 Å². The first-order valence-corrected chi connectivity index (χ1v) is 6.58. The molecule has 2 fully saturated rings. The monoisotopic (exact) mass is 222 g/mol. The van der Waals surface area contributed by atoms with Crippen LogP contribution in [-0.4, -0.2) is 36.2 Å². The predicted octanol–water partition coefficient (Wildman–Crippen LogP) is 2.32. The first kappa shape index (κ1) is 11.9. The number of hydrogen-bond donors (Lipinski definition) is 0. The van der Waals surface area contributed by atoms with Crippen LogP contribution in [0.2, 0.25) is 0 Å². The van der Waals surface area contributed by atoms with Crippen molar-refractivity contribution in [2.24, 2.45) is 0 Å². The minimum absolute atomic E-state index is 0.223. The molecular formula is C13H22N2O. The Morgan fingerprint density at radius 2 is 2.12 bits per heavy atom. The molecule has 0 N–H and O–H groups in total. The molecule has 0 saturated carbocycles. The van der Waals surface area contributed by atoms with Gasteiger partial charge in [-0.1, -0.05) is 13.3 Å². The average Bonchev–Trinajstić information content (AvgIpc) is 2.39. The Morgan fingerprint density at radius 1 is 1.38 bits per heavy atom. The van der Waals surface area contributed by atoms with Crippen molar-refractivity contribution in [3.63, 3.8) is 0 Å². The molecule has 0 aromatic rings. The van der Waals surface area contributed by atoms with Gasteiger partial charge in [0.25, 0.3) is 0 Å². The molecule has 2 aliphatic heterocycles. The highest BCUT2D eigenvalue weighted by Gasteiger charge is 2.42. The maximum absolute atomic E-state index is 9.56. The molecule has 2 atom stereocenters. The standard InChI is InChI=1S/C13H22N2O/c1-2-12-10-13(11-14,6-9-16-12)15-7-4-3-5-8-15/h12H,2-10H2,1H3. The molecule has 0 radical (unpaired) electrons. The number of nitrogens with zero attached hydrogens (tertiary/aromatic N) is 2. The summed E-state index contributed by atoms with van der Waals surface area (Å²) in [5.41, 5.74) is -0.223. The lowest BCUT2D eigenvalue weighted by molar-refractivity contribution is -0.0576. The summed E-state index contributed by atoms with van der Waals surface area (Å²) < 4.78 is 5.70. The molecule has 2 saturated heterocycles. The Bertz CT molecular complexity index is 268. The molecule has 90 valence electrons. The minimum Gasteiger partial charge on any atom is -0.378 e. The van der Waals surface area contributed by atoms with Crippen LogP contribution in [-0.2, 0) is 4.74 Å². The second-order valence-electron chi connectivity index (χ2n) is 5.05. The molecular weight excluding hydrogens is 200 g/mol. The molecule has 2 unspecified atom stereocenters. The van der Waals surface area contributed by atoms with Crippen molar-refractivity contribution < 1.29 is 4.74 Å². The molecule has 0 amide bonds. The summed E-state index contributed by atoms with van der Waals surface area (Å²) in [6.07, 6.45) is 6.93. The van der Waals surface area contributed by atoms with Gasteiger partial charge in [-0.15, -0.1) is 0 Å². The van der Waals surface area contributed by atoms with Gasteiger partial charge in [-0.3, -0.25) is 4.90 Å². The lowest BCUT2D eigenvalue weighted by atomic mass is 9.84. The molecule has 0 aromatic heterocycles. The van der Waals surface area contributed by atoms with Gasteiger partial charge in [-0.05, 0) is 32.4 Å². The third-order valence-corrected chi connectivity index (χ3v) is 4.06. The number of likely N-dealkylation sites (tertiary alicyclic amines) is 1. The quantitative estimate of drug-likeness (QED) is 0.719. The fourth-order valence-corrected chi connectivity index (χ4v) is 2.98. The third-order valence-electron chi connectivity index (χ3n) is 4.06. The third kappa shape index (κ3) is 2.23. The van der Waals surface area contributed by atoms with E-state index in [0.717, 1.165) is 39.0 Å². The Labute approximate surface area is 98.4 Å². The summed E-state index contributed by atoms with van der Waals surface area (Å²) >= 11 is 0. The Morgan fingerprint density at radius 3 is 2.75 bits per heavy atom. The van der Waals surface area contributed by atoms with Gasteiger partial charge in [0.2, 0.25) is 0 Å². The molecule has 3 heteroatoms. The van der Waals surface area contributed by atoms with E-state index in [1.807, 2.05) is 0 Å². The van der Waals surface area contributed by atoms with E-state index in [4.69, 9.17) is 4.74 Å². The fraction of sp³-hybridized carbons (Fsp3) is 0.923. The summed E-state index contributed by atoms with van der Waals surface area (Å²) in [7, 11) is 0. The average molecular weight is 222 g/mol. The molecule has 16 heavy (non-hydrogen) atoms. The molecule has 0 spiro atoms. The summed E-state index contributed by atoms with van der Waals surface area (Å²) in [4.78, 5) is 2.42. The number of hydrogen-bond acceptors (Lipinski definition) is 3. The van der Waals surface area contributed by atoms with Gasteiger partial charge in [0.05, 0.1) is 12.2 Å². The highest BCUT2D eigenvalue weighted by molar-refractivity contribution is 5.11. The van der Waals surface area contributed by atoms with E-state index >= 15 is 0 Å². The zero-order valence-corrected chi connectivity index (χ0v) is 10.2. The number of piperidine rings is 1. The Kier molecular flexibility index (Phi) is 3.83. The summed E-state index contributed by atoms with van der Waals surface area (Å²) in [6.45, 7) is 5.10. The van der Waals surface area contributed by atoms with E-state index in [1.54, 1.807) is 0 Å². The van der Waals surface area contributed by atoms with Crippen LogP contribution in [0, 0.1) is 11.3 Å². The zero-order valence-electron chi connectivity index (χ0n) is 10.2. The van der Waals surface area contributed by atoms with Crippen LogP contribution >= 0.6 is 0 Å². The lowest BCUT2D eigenvalue weighted by Gasteiger charge is -2.45. The van der Waals surface area contributed by atoms with Gasteiger partial charge in [0.15, 0.2) is 0 Å². The van der Waals surface area contributed by atoms with Crippen LogP contribution in [0.1, 0.15) is 45.4 Å². The van der Waals surface area contributed by atoms with E-state index in [1.165, 1.54) is 19.3 Å². The predicted molar refractivity (Wildman–Crippen MR) is 63.0 cm³/mol. The van der Waals surface area contributed by atoms with Crippen LogP contribution in [0.5, 0.6) is 0 Å². The van der Waals surface area contributed by atoms with Crippen molar-refractivity contribution in [1.82, 2.24) is 4.90 Å². The van der Waals surface area contributed by atoms with E-state index in [0.29, 0.717) is 0 Å². The van der Waals surface area contributed by atoms with Crippen molar-refractivity contribution >= 4 is 0 Å². The first-order valence-electron chi connectivity index (χ1n) is 6.58. The Hall–Kier alpha value is -0.590. The lowest BCUT2D eigenvalue weighted by Crippen LogP contribution is -2.54. The van der Waals surface area contributed by atoms with Gasteiger partial charge in [0, 0.05) is 19.4 Å². The molecule has 2 rings (SSSR count). The molecule has 0 aliphatic carbocycles. The summed E-state index contributed by atoms with van der Waals surface area (Å²) in [5.74, 6) is 0. The number of nitriles is 1. The molecule has 2 aliphatic rings. The first-order chi connectivity index (χ1) is 7.80. The number of ether oxygens (including phenoxy) is 1. The van der Waals surface area contributed by atoms with Crippen LogP contribution in [0.4, 0.5) is 0 Å². The maximum Gasteiger partial charge on any atom is 0.113 e. The highest BCUT2D eigenvalue weighted by Crippen LogP contribution is 2.33. The molecule has 3 nitrogen and oxygen atoms in total. The fourth-order valence-electron chi connectivity index (χ4n) is 2.98. The Balaban J connectivity index is 2.08. The van der Waals surface area contributed by atoms with E-state index in [-0.39, 0.29) is 11.6 Å². The highest BCUT2D eigenvalue weighted by atomic mass is 16.5.